The third kappa shape index (κ3) is 6.29. The molecule has 0 bridgehead atoms. The standard InChI is InChI=1S/C20H23BrN2O4/c1-13(2)10-11-27-16-7-4-14(5-8-16)19(24)22-23-20(25)15-6-9-18(26-3)17(21)12-15/h4-9,12-13H,10-11H2,1-3H3,(H,22,24)(H,23,25). The highest BCUT2D eigenvalue weighted by Gasteiger charge is 2.11. The number of carbonyl (C=O) groups excluding carboxylic acids is 2. The summed E-state index contributed by atoms with van der Waals surface area (Å²) in [6, 6.07) is 11.7. The Balaban J connectivity index is 1.87. The number of rotatable bonds is 7. The molecule has 0 fully saturated rings. The SMILES string of the molecule is COc1ccc(C(=O)NNC(=O)c2ccc(OCCC(C)C)cc2)cc1Br. The van der Waals surface area contributed by atoms with Crippen LogP contribution >= 0.6 is 15.9 Å². The number of nitrogens with one attached hydrogen (secondary N) is 2. The van der Waals surface area contributed by atoms with Crippen LogP contribution in [0.5, 0.6) is 11.5 Å². The largest absolute Gasteiger partial charge is 0.496 e. The van der Waals surface area contributed by atoms with Crippen LogP contribution in [0.2, 0.25) is 0 Å². The number of amides is 2. The Hall–Kier alpha value is -2.54. The average Bonchev–Trinajstić information content (AvgIpc) is 2.66. The van der Waals surface area contributed by atoms with Crippen LogP contribution in [-0.2, 0) is 0 Å². The van der Waals surface area contributed by atoms with E-state index >= 15 is 0 Å². The lowest BCUT2D eigenvalue weighted by Gasteiger charge is -2.10. The van der Waals surface area contributed by atoms with Crippen molar-refractivity contribution in [3.63, 3.8) is 0 Å². The van der Waals surface area contributed by atoms with Crippen LogP contribution in [0, 0.1) is 5.92 Å². The summed E-state index contributed by atoms with van der Waals surface area (Å²) in [5, 5.41) is 0. The van der Waals surface area contributed by atoms with Crippen molar-refractivity contribution < 1.29 is 19.1 Å². The second-order valence-corrected chi connectivity index (χ2v) is 7.17. The lowest BCUT2D eigenvalue weighted by Crippen LogP contribution is -2.41. The normalized spacial score (nSPS) is 10.4. The summed E-state index contributed by atoms with van der Waals surface area (Å²) in [5.74, 6) is 1.06. The van der Waals surface area contributed by atoms with Crippen molar-refractivity contribution in [2.45, 2.75) is 20.3 Å². The molecule has 144 valence electrons. The first-order valence-electron chi connectivity index (χ1n) is 8.57. The molecule has 0 spiro atoms. The van der Waals surface area contributed by atoms with Gasteiger partial charge in [-0.2, -0.15) is 0 Å². The molecule has 0 heterocycles. The zero-order valence-corrected chi connectivity index (χ0v) is 17.1. The Morgan fingerprint density at radius 2 is 1.59 bits per heavy atom. The van der Waals surface area contributed by atoms with Gasteiger partial charge in [-0.3, -0.25) is 20.4 Å². The van der Waals surface area contributed by atoms with Crippen LogP contribution in [0.15, 0.2) is 46.9 Å². The molecule has 27 heavy (non-hydrogen) atoms. The molecular weight excluding hydrogens is 412 g/mol. The number of carbonyl (C=O) groups is 2. The minimum absolute atomic E-state index is 0.386. The van der Waals surface area contributed by atoms with Crippen LogP contribution in [0.1, 0.15) is 41.0 Å². The van der Waals surface area contributed by atoms with Gasteiger partial charge < -0.3 is 9.47 Å². The molecular formula is C20H23BrN2O4. The van der Waals surface area contributed by atoms with Gasteiger partial charge in [-0.15, -0.1) is 0 Å². The van der Waals surface area contributed by atoms with E-state index in [9.17, 15) is 9.59 Å². The third-order valence-corrected chi connectivity index (χ3v) is 4.40. The maximum Gasteiger partial charge on any atom is 0.269 e. The van der Waals surface area contributed by atoms with Gasteiger partial charge in [0, 0.05) is 11.1 Å². The third-order valence-electron chi connectivity index (χ3n) is 3.78. The van der Waals surface area contributed by atoms with E-state index in [0.29, 0.717) is 39.6 Å². The molecule has 0 saturated heterocycles. The van der Waals surface area contributed by atoms with Crippen LogP contribution in [0.4, 0.5) is 0 Å². The highest BCUT2D eigenvalue weighted by Crippen LogP contribution is 2.25. The van der Waals surface area contributed by atoms with E-state index in [1.165, 1.54) is 0 Å². The second-order valence-electron chi connectivity index (χ2n) is 6.31. The predicted octanol–water partition coefficient (Wildman–Crippen LogP) is 3.96. The minimum atomic E-state index is -0.430. The minimum Gasteiger partial charge on any atom is -0.496 e. The van der Waals surface area contributed by atoms with Gasteiger partial charge in [0.15, 0.2) is 0 Å². The molecule has 0 aliphatic carbocycles. The van der Waals surface area contributed by atoms with Gasteiger partial charge in [-0.25, -0.2) is 0 Å². The molecule has 0 radical (unpaired) electrons. The molecule has 6 nitrogen and oxygen atoms in total. The first kappa shape index (κ1) is 20.8. The van der Waals surface area contributed by atoms with Gasteiger partial charge in [-0.05, 0) is 70.7 Å². The van der Waals surface area contributed by atoms with Gasteiger partial charge in [0.1, 0.15) is 11.5 Å². The fraction of sp³-hybridized carbons (Fsp3) is 0.300. The number of hydrogen-bond acceptors (Lipinski definition) is 4. The lowest BCUT2D eigenvalue weighted by atomic mass is 10.1. The van der Waals surface area contributed by atoms with Crippen molar-refractivity contribution in [3.8, 4) is 11.5 Å². The smallest absolute Gasteiger partial charge is 0.269 e. The van der Waals surface area contributed by atoms with Crippen molar-refractivity contribution in [1.82, 2.24) is 10.9 Å². The lowest BCUT2D eigenvalue weighted by molar-refractivity contribution is 0.0846. The Morgan fingerprint density at radius 1 is 1.00 bits per heavy atom. The Morgan fingerprint density at radius 3 is 2.15 bits per heavy atom. The first-order valence-corrected chi connectivity index (χ1v) is 9.37. The highest BCUT2D eigenvalue weighted by molar-refractivity contribution is 9.10. The summed E-state index contributed by atoms with van der Waals surface area (Å²) in [6.07, 6.45) is 0.968. The predicted molar refractivity (Wildman–Crippen MR) is 107 cm³/mol. The molecule has 0 saturated carbocycles. The number of halogens is 1. The van der Waals surface area contributed by atoms with Gasteiger partial charge in [0.2, 0.25) is 0 Å². The summed E-state index contributed by atoms with van der Waals surface area (Å²) in [7, 11) is 1.54. The average molecular weight is 435 g/mol. The molecule has 2 aromatic carbocycles. The van der Waals surface area contributed by atoms with E-state index in [2.05, 4.69) is 40.6 Å². The zero-order valence-electron chi connectivity index (χ0n) is 15.5. The molecule has 0 aliphatic rings. The first-order chi connectivity index (χ1) is 12.9. The monoisotopic (exact) mass is 434 g/mol. The number of hydrogen-bond donors (Lipinski definition) is 2. The Kier molecular flexibility index (Phi) is 7.67. The van der Waals surface area contributed by atoms with Crippen LogP contribution in [0.3, 0.4) is 0 Å². The van der Waals surface area contributed by atoms with E-state index in [4.69, 9.17) is 9.47 Å². The molecule has 2 N–H and O–H groups in total. The summed E-state index contributed by atoms with van der Waals surface area (Å²) >= 11 is 3.32. The van der Waals surface area contributed by atoms with Crippen LogP contribution < -0.4 is 20.3 Å². The van der Waals surface area contributed by atoms with E-state index in [1.807, 2.05) is 0 Å². The van der Waals surface area contributed by atoms with E-state index in [1.54, 1.807) is 49.6 Å². The maximum absolute atomic E-state index is 12.2. The summed E-state index contributed by atoms with van der Waals surface area (Å²) in [4.78, 5) is 24.3. The summed E-state index contributed by atoms with van der Waals surface area (Å²) < 4.78 is 11.4. The molecule has 2 aromatic rings. The fourth-order valence-electron chi connectivity index (χ4n) is 2.18. The van der Waals surface area contributed by atoms with Crippen molar-refractivity contribution >= 4 is 27.7 Å². The van der Waals surface area contributed by atoms with E-state index in [-0.39, 0.29) is 0 Å². The van der Waals surface area contributed by atoms with Crippen molar-refractivity contribution in [1.29, 1.82) is 0 Å². The van der Waals surface area contributed by atoms with Gasteiger partial charge in [0.05, 0.1) is 18.2 Å². The van der Waals surface area contributed by atoms with E-state index < -0.39 is 11.8 Å². The molecule has 0 atom stereocenters. The quantitative estimate of drug-likeness (QED) is 0.646. The van der Waals surface area contributed by atoms with Gasteiger partial charge in [-0.1, -0.05) is 13.8 Å². The molecule has 0 aliphatic heterocycles. The zero-order chi connectivity index (χ0) is 19.8. The summed E-state index contributed by atoms with van der Waals surface area (Å²) in [5.41, 5.74) is 5.59. The maximum atomic E-state index is 12.2. The number of benzene rings is 2. The van der Waals surface area contributed by atoms with Crippen LogP contribution in [-0.4, -0.2) is 25.5 Å². The van der Waals surface area contributed by atoms with Crippen LogP contribution in [0.25, 0.3) is 0 Å². The molecule has 0 aromatic heterocycles. The van der Waals surface area contributed by atoms with Gasteiger partial charge >= 0.3 is 0 Å². The summed E-state index contributed by atoms with van der Waals surface area (Å²) in [6.45, 7) is 4.90. The van der Waals surface area contributed by atoms with Crippen molar-refractivity contribution in [2.24, 2.45) is 5.92 Å². The number of ether oxygens (including phenoxy) is 2. The second kappa shape index (κ2) is 9.97. The molecule has 2 rings (SSSR count). The van der Waals surface area contributed by atoms with Crippen molar-refractivity contribution in [2.75, 3.05) is 13.7 Å². The number of methoxy groups -OCH3 is 1. The number of hydrazine groups is 1. The molecule has 7 heteroatoms. The Bertz CT molecular complexity index is 791. The Labute approximate surface area is 167 Å². The highest BCUT2D eigenvalue weighted by atomic mass is 79.9. The van der Waals surface area contributed by atoms with Gasteiger partial charge in [0.25, 0.3) is 11.8 Å². The topological polar surface area (TPSA) is 76.7 Å². The molecule has 0 unspecified atom stereocenters. The molecule has 2 amide bonds. The van der Waals surface area contributed by atoms with E-state index in [0.717, 1.165) is 6.42 Å². The van der Waals surface area contributed by atoms with Crippen molar-refractivity contribution in [3.05, 3.63) is 58.1 Å². The fourth-order valence-corrected chi connectivity index (χ4v) is 2.72.